The standard InChI is InChI=1S/C18H32N4O/c1-5-7-14-21(4)18(19-6-2)20-13-8-9-15-22-16(3)11-10-12-17(22)23/h10-12H,5-9,13-15H2,1-4H3,(H,19,20). The molecule has 0 atom stereocenters. The molecule has 0 saturated carbocycles. The van der Waals surface area contributed by atoms with Gasteiger partial charge in [0.25, 0.3) is 5.56 Å². The van der Waals surface area contributed by atoms with Crippen LogP contribution in [0.25, 0.3) is 0 Å². The quantitative estimate of drug-likeness (QED) is 0.432. The van der Waals surface area contributed by atoms with E-state index in [4.69, 9.17) is 0 Å². The fourth-order valence-corrected chi connectivity index (χ4v) is 2.45. The van der Waals surface area contributed by atoms with Crippen molar-refractivity contribution < 1.29 is 0 Å². The number of rotatable bonds is 9. The van der Waals surface area contributed by atoms with E-state index in [2.05, 4.69) is 36.1 Å². The average molecular weight is 320 g/mol. The Morgan fingerprint density at radius 1 is 1.26 bits per heavy atom. The first-order chi connectivity index (χ1) is 11.1. The smallest absolute Gasteiger partial charge is 0.250 e. The maximum absolute atomic E-state index is 11.8. The molecule has 5 nitrogen and oxygen atoms in total. The van der Waals surface area contributed by atoms with Crippen LogP contribution in [0.15, 0.2) is 28.0 Å². The van der Waals surface area contributed by atoms with Gasteiger partial charge in [-0.3, -0.25) is 9.79 Å². The van der Waals surface area contributed by atoms with Gasteiger partial charge in [-0.15, -0.1) is 0 Å². The zero-order valence-electron chi connectivity index (χ0n) is 15.1. The third kappa shape index (κ3) is 6.89. The van der Waals surface area contributed by atoms with E-state index < -0.39 is 0 Å². The van der Waals surface area contributed by atoms with Crippen LogP contribution in [0.2, 0.25) is 0 Å². The second-order valence-corrected chi connectivity index (χ2v) is 5.87. The summed E-state index contributed by atoms with van der Waals surface area (Å²) in [5.41, 5.74) is 1.11. The lowest BCUT2D eigenvalue weighted by Gasteiger charge is -2.21. The van der Waals surface area contributed by atoms with Gasteiger partial charge in [0.05, 0.1) is 0 Å². The van der Waals surface area contributed by atoms with Gasteiger partial charge >= 0.3 is 0 Å². The molecule has 0 amide bonds. The highest BCUT2D eigenvalue weighted by atomic mass is 16.1. The minimum atomic E-state index is 0.0844. The Labute approximate surface area is 140 Å². The van der Waals surface area contributed by atoms with Crippen LogP contribution in [-0.2, 0) is 6.54 Å². The van der Waals surface area contributed by atoms with Gasteiger partial charge in [-0.25, -0.2) is 0 Å². The highest BCUT2D eigenvalue weighted by molar-refractivity contribution is 5.79. The number of aryl methyl sites for hydroxylation is 1. The number of hydrogen-bond acceptors (Lipinski definition) is 2. The van der Waals surface area contributed by atoms with Crippen molar-refractivity contribution >= 4 is 5.96 Å². The second-order valence-electron chi connectivity index (χ2n) is 5.87. The molecule has 1 N–H and O–H groups in total. The Balaban J connectivity index is 2.44. The highest BCUT2D eigenvalue weighted by Gasteiger charge is 2.04. The van der Waals surface area contributed by atoms with E-state index in [-0.39, 0.29) is 5.56 Å². The van der Waals surface area contributed by atoms with Crippen molar-refractivity contribution in [3.8, 4) is 0 Å². The van der Waals surface area contributed by atoms with Crippen LogP contribution in [0.5, 0.6) is 0 Å². The van der Waals surface area contributed by atoms with Crippen LogP contribution in [-0.4, -0.2) is 42.1 Å². The highest BCUT2D eigenvalue weighted by Crippen LogP contribution is 1.99. The SMILES string of the molecule is CCCCN(C)C(=NCCCCn1c(C)cccc1=O)NCC. The van der Waals surface area contributed by atoms with Crippen LogP contribution in [0.4, 0.5) is 0 Å². The van der Waals surface area contributed by atoms with E-state index in [0.29, 0.717) is 0 Å². The molecule has 1 aromatic heterocycles. The third-order valence-corrected chi connectivity index (χ3v) is 3.86. The summed E-state index contributed by atoms with van der Waals surface area (Å²) in [6.45, 7) is 9.74. The van der Waals surface area contributed by atoms with Crippen molar-refractivity contribution in [3.05, 3.63) is 34.2 Å². The molecule has 0 spiro atoms. The van der Waals surface area contributed by atoms with Crippen molar-refractivity contribution in [1.82, 2.24) is 14.8 Å². The van der Waals surface area contributed by atoms with Crippen LogP contribution < -0.4 is 10.9 Å². The Kier molecular flexibility index (Phi) is 9.10. The molecule has 0 aliphatic heterocycles. The van der Waals surface area contributed by atoms with Gasteiger partial charge in [-0.2, -0.15) is 0 Å². The molecular weight excluding hydrogens is 288 g/mol. The predicted molar refractivity (Wildman–Crippen MR) is 98.2 cm³/mol. The van der Waals surface area contributed by atoms with Crippen LogP contribution >= 0.6 is 0 Å². The summed E-state index contributed by atoms with van der Waals surface area (Å²) in [5.74, 6) is 0.981. The van der Waals surface area contributed by atoms with Crippen molar-refractivity contribution in [2.45, 2.75) is 53.0 Å². The molecule has 1 heterocycles. The first-order valence-corrected chi connectivity index (χ1v) is 8.76. The van der Waals surface area contributed by atoms with E-state index >= 15 is 0 Å². The van der Waals surface area contributed by atoms with E-state index in [1.54, 1.807) is 6.07 Å². The van der Waals surface area contributed by atoms with Gasteiger partial charge in [0.2, 0.25) is 0 Å². The first-order valence-electron chi connectivity index (χ1n) is 8.76. The zero-order chi connectivity index (χ0) is 17.1. The van der Waals surface area contributed by atoms with Crippen LogP contribution in [0, 0.1) is 6.92 Å². The largest absolute Gasteiger partial charge is 0.357 e. The summed E-state index contributed by atoms with van der Waals surface area (Å²) in [7, 11) is 2.09. The Morgan fingerprint density at radius 2 is 2.04 bits per heavy atom. The fraction of sp³-hybridized carbons (Fsp3) is 0.667. The molecule has 23 heavy (non-hydrogen) atoms. The number of pyridine rings is 1. The molecule has 0 aliphatic carbocycles. The molecule has 5 heteroatoms. The molecule has 0 bridgehead atoms. The van der Waals surface area contributed by atoms with E-state index in [0.717, 1.165) is 50.7 Å². The Morgan fingerprint density at radius 3 is 2.70 bits per heavy atom. The van der Waals surface area contributed by atoms with Gasteiger partial charge in [-0.05, 0) is 39.2 Å². The molecule has 130 valence electrons. The normalized spacial score (nSPS) is 11.6. The van der Waals surface area contributed by atoms with E-state index in [1.807, 2.05) is 23.6 Å². The molecule has 0 unspecified atom stereocenters. The van der Waals surface area contributed by atoms with Gasteiger partial charge in [0, 0.05) is 45.0 Å². The molecule has 0 aliphatic rings. The molecule has 1 rings (SSSR count). The number of guanidine groups is 1. The van der Waals surface area contributed by atoms with Crippen LogP contribution in [0.3, 0.4) is 0 Å². The summed E-state index contributed by atoms with van der Waals surface area (Å²) in [4.78, 5) is 18.7. The topological polar surface area (TPSA) is 49.6 Å². The summed E-state index contributed by atoms with van der Waals surface area (Å²) in [6, 6.07) is 5.41. The molecule has 0 saturated heterocycles. The maximum atomic E-state index is 11.8. The predicted octanol–water partition coefficient (Wildman–Crippen LogP) is 2.63. The van der Waals surface area contributed by atoms with Crippen molar-refractivity contribution in [2.75, 3.05) is 26.7 Å². The summed E-state index contributed by atoms with van der Waals surface area (Å²) >= 11 is 0. The molecule has 0 fully saturated rings. The van der Waals surface area contributed by atoms with E-state index in [1.165, 1.54) is 12.8 Å². The minimum absolute atomic E-state index is 0.0844. The van der Waals surface area contributed by atoms with Gasteiger partial charge in [0.15, 0.2) is 5.96 Å². The lowest BCUT2D eigenvalue weighted by Crippen LogP contribution is -2.39. The van der Waals surface area contributed by atoms with Crippen molar-refractivity contribution in [1.29, 1.82) is 0 Å². The molecule has 1 aromatic rings. The van der Waals surface area contributed by atoms with Crippen molar-refractivity contribution in [3.63, 3.8) is 0 Å². The number of nitrogens with zero attached hydrogens (tertiary/aromatic N) is 3. The summed E-state index contributed by atoms with van der Waals surface area (Å²) in [5, 5.41) is 3.34. The number of hydrogen-bond donors (Lipinski definition) is 1. The van der Waals surface area contributed by atoms with Crippen molar-refractivity contribution in [2.24, 2.45) is 4.99 Å². The number of unbranched alkanes of at least 4 members (excludes halogenated alkanes) is 2. The lowest BCUT2D eigenvalue weighted by atomic mass is 10.3. The Hall–Kier alpha value is -1.78. The third-order valence-electron chi connectivity index (χ3n) is 3.86. The second kappa shape index (κ2) is 10.9. The van der Waals surface area contributed by atoms with E-state index in [9.17, 15) is 4.79 Å². The number of aromatic nitrogens is 1. The van der Waals surface area contributed by atoms with Crippen LogP contribution in [0.1, 0.15) is 45.2 Å². The average Bonchev–Trinajstić information content (AvgIpc) is 2.53. The van der Waals surface area contributed by atoms with Gasteiger partial charge in [0.1, 0.15) is 0 Å². The fourth-order valence-electron chi connectivity index (χ4n) is 2.45. The minimum Gasteiger partial charge on any atom is -0.357 e. The lowest BCUT2D eigenvalue weighted by molar-refractivity contribution is 0.464. The summed E-state index contributed by atoms with van der Waals surface area (Å²) in [6.07, 6.45) is 4.32. The first kappa shape index (κ1) is 19.3. The maximum Gasteiger partial charge on any atom is 0.250 e. The molecule has 0 radical (unpaired) electrons. The number of nitrogens with one attached hydrogen (secondary N) is 1. The van der Waals surface area contributed by atoms with Gasteiger partial charge in [-0.1, -0.05) is 19.4 Å². The zero-order valence-corrected chi connectivity index (χ0v) is 15.1. The Bertz CT molecular complexity index is 536. The monoisotopic (exact) mass is 320 g/mol. The molecule has 0 aromatic carbocycles. The number of aliphatic imine (C=N–C) groups is 1. The van der Waals surface area contributed by atoms with Gasteiger partial charge < -0.3 is 14.8 Å². The summed E-state index contributed by atoms with van der Waals surface area (Å²) < 4.78 is 1.84. The molecular formula is C18H32N4O.